The lowest BCUT2D eigenvalue weighted by Gasteiger charge is -2.61. The molecule has 0 saturated heterocycles. The molecule has 1 spiro atoms. The fourth-order valence-corrected chi connectivity index (χ4v) is 3.20. The summed E-state index contributed by atoms with van der Waals surface area (Å²) in [5.74, 6) is 0. The van der Waals surface area contributed by atoms with Gasteiger partial charge >= 0.3 is 0 Å². The maximum absolute atomic E-state index is 11.9. The standard InChI is InChI=1S/C13H23F2NO2/c1-2-18-11-8-10(13(11)4-3-5-13)16-6-7-17-9-12(14)15/h10-12,16H,2-9H2,1H3. The second-order valence-corrected chi connectivity index (χ2v) is 5.24. The van der Waals surface area contributed by atoms with Crippen molar-refractivity contribution in [1.29, 1.82) is 0 Å². The fourth-order valence-electron chi connectivity index (χ4n) is 3.20. The lowest BCUT2D eigenvalue weighted by molar-refractivity contribution is -0.173. The third-order valence-corrected chi connectivity index (χ3v) is 4.32. The van der Waals surface area contributed by atoms with E-state index in [-0.39, 0.29) is 0 Å². The molecule has 0 radical (unpaired) electrons. The zero-order valence-corrected chi connectivity index (χ0v) is 11.0. The summed E-state index contributed by atoms with van der Waals surface area (Å²) in [5.41, 5.74) is 0.332. The average Bonchev–Trinajstić information content (AvgIpc) is 2.23. The van der Waals surface area contributed by atoms with Crippen molar-refractivity contribution >= 4 is 0 Å². The average molecular weight is 263 g/mol. The molecule has 0 aromatic carbocycles. The monoisotopic (exact) mass is 263 g/mol. The predicted molar refractivity (Wildman–Crippen MR) is 64.9 cm³/mol. The number of ether oxygens (including phenoxy) is 2. The van der Waals surface area contributed by atoms with Crippen LogP contribution >= 0.6 is 0 Å². The van der Waals surface area contributed by atoms with Gasteiger partial charge in [0, 0.05) is 24.6 Å². The minimum absolute atomic E-state index is 0.332. The van der Waals surface area contributed by atoms with Gasteiger partial charge in [0.05, 0.1) is 12.7 Å². The van der Waals surface area contributed by atoms with Crippen molar-refractivity contribution in [2.24, 2.45) is 5.41 Å². The van der Waals surface area contributed by atoms with Crippen LogP contribution in [0.3, 0.4) is 0 Å². The minimum atomic E-state index is -2.37. The highest BCUT2D eigenvalue weighted by molar-refractivity contribution is 5.12. The Kier molecular flexibility index (Phi) is 4.92. The van der Waals surface area contributed by atoms with Crippen LogP contribution in [0, 0.1) is 5.41 Å². The van der Waals surface area contributed by atoms with Crippen LogP contribution in [0.15, 0.2) is 0 Å². The molecule has 3 nitrogen and oxygen atoms in total. The Labute approximate surface area is 107 Å². The van der Waals surface area contributed by atoms with Gasteiger partial charge in [-0.15, -0.1) is 0 Å². The summed E-state index contributed by atoms with van der Waals surface area (Å²) in [6, 6.07) is 0.484. The molecule has 0 aromatic heterocycles. The van der Waals surface area contributed by atoms with Crippen LogP contribution in [0.4, 0.5) is 8.78 Å². The van der Waals surface area contributed by atoms with Gasteiger partial charge in [0.15, 0.2) is 0 Å². The smallest absolute Gasteiger partial charge is 0.261 e. The first-order valence-electron chi connectivity index (χ1n) is 6.90. The van der Waals surface area contributed by atoms with Gasteiger partial charge in [0.1, 0.15) is 6.61 Å². The van der Waals surface area contributed by atoms with E-state index in [9.17, 15) is 8.78 Å². The van der Waals surface area contributed by atoms with Crippen LogP contribution in [0.1, 0.15) is 32.6 Å². The van der Waals surface area contributed by atoms with Gasteiger partial charge in [0.2, 0.25) is 0 Å². The summed E-state index contributed by atoms with van der Waals surface area (Å²) in [7, 11) is 0. The third kappa shape index (κ3) is 2.83. The topological polar surface area (TPSA) is 30.5 Å². The lowest BCUT2D eigenvalue weighted by atomic mass is 9.51. The normalized spacial score (nSPS) is 29.3. The lowest BCUT2D eigenvalue weighted by Crippen LogP contribution is -2.67. The van der Waals surface area contributed by atoms with Crippen molar-refractivity contribution in [3.63, 3.8) is 0 Å². The highest BCUT2D eigenvalue weighted by Gasteiger charge is 2.58. The second kappa shape index (κ2) is 6.26. The first-order chi connectivity index (χ1) is 8.69. The molecule has 0 aliphatic heterocycles. The van der Waals surface area contributed by atoms with E-state index < -0.39 is 13.0 Å². The van der Waals surface area contributed by atoms with E-state index in [1.54, 1.807) is 0 Å². The zero-order chi connectivity index (χ0) is 13.0. The molecule has 0 heterocycles. The molecule has 1 N–H and O–H groups in total. The second-order valence-electron chi connectivity index (χ2n) is 5.24. The van der Waals surface area contributed by atoms with Crippen LogP contribution in [-0.4, -0.2) is 44.9 Å². The Balaban J connectivity index is 1.62. The molecule has 2 unspecified atom stereocenters. The summed E-state index contributed by atoms with van der Waals surface area (Å²) >= 11 is 0. The van der Waals surface area contributed by atoms with Crippen molar-refractivity contribution in [2.75, 3.05) is 26.4 Å². The predicted octanol–water partition coefficient (Wildman–Crippen LogP) is 2.21. The van der Waals surface area contributed by atoms with Crippen LogP contribution < -0.4 is 5.32 Å². The summed E-state index contributed by atoms with van der Waals surface area (Å²) in [4.78, 5) is 0. The van der Waals surface area contributed by atoms with E-state index >= 15 is 0 Å². The number of rotatable bonds is 8. The Morgan fingerprint density at radius 1 is 1.39 bits per heavy atom. The van der Waals surface area contributed by atoms with E-state index in [2.05, 4.69) is 5.32 Å². The molecule has 5 heteroatoms. The summed E-state index contributed by atoms with van der Waals surface area (Å²) in [6.45, 7) is 3.36. The van der Waals surface area contributed by atoms with Gasteiger partial charge in [-0.1, -0.05) is 6.42 Å². The molecule has 2 aliphatic carbocycles. The van der Waals surface area contributed by atoms with Crippen molar-refractivity contribution in [3.05, 3.63) is 0 Å². The highest BCUT2D eigenvalue weighted by atomic mass is 19.3. The molecule has 2 rings (SSSR count). The van der Waals surface area contributed by atoms with E-state index in [4.69, 9.17) is 9.47 Å². The van der Waals surface area contributed by atoms with Gasteiger partial charge < -0.3 is 14.8 Å². The molecule has 0 bridgehead atoms. The van der Waals surface area contributed by atoms with Gasteiger partial charge in [0.25, 0.3) is 6.43 Å². The van der Waals surface area contributed by atoms with Gasteiger partial charge in [-0.25, -0.2) is 8.78 Å². The SMILES string of the molecule is CCOC1CC(NCCOCC(F)F)C12CCC2. The Hall–Kier alpha value is -0.260. The molecule has 2 fully saturated rings. The number of hydrogen-bond acceptors (Lipinski definition) is 3. The fraction of sp³-hybridized carbons (Fsp3) is 1.00. The van der Waals surface area contributed by atoms with Crippen molar-refractivity contribution < 1.29 is 18.3 Å². The molecular formula is C13H23F2NO2. The largest absolute Gasteiger partial charge is 0.378 e. The van der Waals surface area contributed by atoms with E-state index in [1.165, 1.54) is 19.3 Å². The van der Waals surface area contributed by atoms with Crippen LogP contribution in [0.2, 0.25) is 0 Å². The summed E-state index contributed by atoms with van der Waals surface area (Å²) < 4.78 is 34.3. The van der Waals surface area contributed by atoms with Crippen molar-refractivity contribution in [1.82, 2.24) is 5.32 Å². The van der Waals surface area contributed by atoms with Crippen molar-refractivity contribution in [2.45, 2.75) is 51.2 Å². The molecule has 18 heavy (non-hydrogen) atoms. The Morgan fingerprint density at radius 2 is 2.17 bits per heavy atom. The number of halogens is 2. The maximum Gasteiger partial charge on any atom is 0.261 e. The number of alkyl halides is 2. The van der Waals surface area contributed by atoms with Crippen LogP contribution in [-0.2, 0) is 9.47 Å². The van der Waals surface area contributed by atoms with E-state index in [0.29, 0.717) is 30.7 Å². The van der Waals surface area contributed by atoms with Crippen LogP contribution in [0.5, 0.6) is 0 Å². The molecule has 2 aliphatic rings. The molecular weight excluding hydrogens is 240 g/mol. The van der Waals surface area contributed by atoms with Crippen LogP contribution in [0.25, 0.3) is 0 Å². The zero-order valence-electron chi connectivity index (χ0n) is 11.0. The molecule has 0 amide bonds. The number of nitrogens with one attached hydrogen (secondary N) is 1. The van der Waals surface area contributed by atoms with Gasteiger partial charge in [-0.3, -0.25) is 0 Å². The van der Waals surface area contributed by atoms with Gasteiger partial charge in [-0.2, -0.15) is 0 Å². The third-order valence-electron chi connectivity index (χ3n) is 4.32. The molecule has 2 saturated carbocycles. The van der Waals surface area contributed by atoms with Crippen molar-refractivity contribution in [3.8, 4) is 0 Å². The molecule has 0 aromatic rings. The summed E-state index contributed by atoms with van der Waals surface area (Å²) in [6.07, 6.45) is 2.82. The first-order valence-corrected chi connectivity index (χ1v) is 6.90. The summed E-state index contributed by atoms with van der Waals surface area (Å²) in [5, 5.41) is 3.42. The van der Waals surface area contributed by atoms with E-state index in [0.717, 1.165) is 13.0 Å². The number of hydrogen-bond donors (Lipinski definition) is 1. The van der Waals surface area contributed by atoms with Gasteiger partial charge in [-0.05, 0) is 26.2 Å². The first kappa shape index (κ1) is 14.2. The Morgan fingerprint density at radius 3 is 2.72 bits per heavy atom. The minimum Gasteiger partial charge on any atom is -0.378 e. The molecule has 2 atom stereocenters. The Bertz CT molecular complexity index is 259. The highest BCUT2D eigenvalue weighted by Crippen LogP contribution is 2.57. The van der Waals surface area contributed by atoms with E-state index in [1.807, 2.05) is 6.92 Å². The molecule has 106 valence electrons. The maximum atomic E-state index is 11.9. The quantitative estimate of drug-likeness (QED) is 0.681.